The molecule has 5 nitrogen and oxygen atoms in total. The van der Waals surface area contributed by atoms with Crippen LogP contribution >= 0.6 is 0 Å². The Labute approximate surface area is 119 Å². The van der Waals surface area contributed by atoms with E-state index in [0.717, 1.165) is 6.07 Å². The summed E-state index contributed by atoms with van der Waals surface area (Å²) in [5.74, 6) is -0.964. The summed E-state index contributed by atoms with van der Waals surface area (Å²) in [7, 11) is -4.37. The van der Waals surface area contributed by atoms with E-state index in [0.29, 0.717) is 6.42 Å². The molecule has 1 aliphatic heterocycles. The molecule has 1 saturated heterocycles. The second-order valence-electron chi connectivity index (χ2n) is 4.92. The van der Waals surface area contributed by atoms with Gasteiger partial charge in [0.25, 0.3) is 0 Å². The van der Waals surface area contributed by atoms with Gasteiger partial charge in [-0.05, 0) is 30.9 Å². The maximum Gasteiger partial charge on any atom is 0.433 e. The fraction of sp³-hybridized carbons (Fsp3) is 0.583. The smallest absolute Gasteiger partial charge is 0.433 e. The minimum Gasteiger partial charge on any atom is -0.748 e. The van der Waals surface area contributed by atoms with E-state index >= 15 is 0 Å². The van der Waals surface area contributed by atoms with Gasteiger partial charge in [-0.15, -0.1) is 0 Å². The summed E-state index contributed by atoms with van der Waals surface area (Å²) < 4.78 is 75.5. The lowest BCUT2D eigenvalue weighted by atomic mass is 9.95. The summed E-state index contributed by atoms with van der Waals surface area (Å²) in [6.07, 6.45) is -4.73. The number of pyridine rings is 1. The van der Waals surface area contributed by atoms with Gasteiger partial charge in [-0.2, -0.15) is 13.2 Å². The van der Waals surface area contributed by atoms with Crippen molar-refractivity contribution >= 4 is 10.1 Å². The van der Waals surface area contributed by atoms with Crippen LogP contribution in [0.5, 0.6) is 0 Å². The lowest BCUT2D eigenvalue weighted by molar-refractivity contribution is -0.141. The number of alkyl halides is 3. The standard InChI is InChI=1S/C12H14F3NO4S/c13-12(14,15)11-3-1-2-9(16-11)10-6-8(4-5-20-10)7-21(17,18)19/h1-3,8,10H,4-7H2,(H,17,18,19)/p-1. The first-order chi connectivity index (χ1) is 9.65. The van der Waals surface area contributed by atoms with Gasteiger partial charge < -0.3 is 9.29 Å². The van der Waals surface area contributed by atoms with E-state index in [2.05, 4.69) is 4.98 Å². The van der Waals surface area contributed by atoms with Crippen LogP contribution in [-0.2, 0) is 21.0 Å². The maximum atomic E-state index is 12.6. The molecule has 1 aliphatic rings. The lowest BCUT2D eigenvalue weighted by Gasteiger charge is -2.30. The molecule has 0 bridgehead atoms. The van der Waals surface area contributed by atoms with E-state index < -0.39 is 39.8 Å². The minimum absolute atomic E-state index is 0.0952. The number of rotatable bonds is 3. The monoisotopic (exact) mass is 324 g/mol. The van der Waals surface area contributed by atoms with Crippen molar-refractivity contribution < 1.29 is 30.9 Å². The van der Waals surface area contributed by atoms with Crippen molar-refractivity contribution in [3.8, 4) is 0 Å². The van der Waals surface area contributed by atoms with E-state index in [9.17, 15) is 26.1 Å². The zero-order valence-corrected chi connectivity index (χ0v) is 11.7. The van der Waals surface area contributed by atoms with Gasteiger partial charge >= 0.3 is 6.18 Å². The Morgan fingerprint density at radius 3 is 2.71 bits per heavy atom. The van der Waals surface area contributed by atoms with Crippen molar-refractivity contribution in [2.75, 3.05) is 12.4 Å². The molecule has 1 fully saturated rings. The van der Waals surface area contributed by atoms with Gasteiger partial charge in [0.2, 0.25) is 0 Å². The van der Waals surface area contributed by atoms with E-state index in [1.54, 1.807) is 0 Å². The van der Waals surface area contributed by atoms with Crippen LogP contribution in [0.15, 0.2) is 18.2 Å². The van der Waals surface area contributed by atoms with Gasteiger partial charge in [-0.1, -0.05) is 6.07 Å². The first kappa shape index (κ1) is 16.2. The highest BCUT2D eigenvalue weighted by Crippen LogP contribution is 2.33. The van der Waals surface area contributed by atoms with E-state index in [1.165, 1.54) is 12.1 Å². The molecule has 1 aromatic heterocycles. The van der Waals surface area contributed by atoms with Crippen molar-refractivity contribution in [2.45, 2.75) is 25.1 Å². The predicted molar refractivity (Wildman–Crippen MR) is 65.2 cm³/mol. The van der Waals surface area contributed by atoms with Gasteiger partial charge in [0.1, 0.15) is 5.69 Å². The summed E-state index contributed by atoms with van der Waals surface area (Å²) in [4.78, 5) is 3.52. The van der Waals surface area contributed by atoms with Crippen LogP contribution in [-0.4, -0.2) is 30.3 Å². The van der Waals surface area contributed by atoms with Crippen LogP contribution in [0.1, 0.15) is 30.3 Å². The van der Waals surface area contributed by atoms with Crippen molar-refractivity contribution in [1.29, 1.82) is 0 Å². The Balaban J connectivity index is 2.15. The molecule has 0 aromatic carbocycles. The molecule has 0 amide bonds. The summed E-state index contributed by atoms with van der Waals surface area (Å²) in [5, 5.41) is 0. The molecule has 118 valence electrons. The molecule has 2 atom stereocenters. The fourth-order valence-corrected chi connectivity index (χ4v) is 3.18. The highest BCUT2D eigenvalue weighted by Gasteiger charge is 2.34. The molecule has 9 heteroatoms. The molecule has 2 unspecified atom stereocenters. The topological polar surface area (TPSA) is 79.3 Å². The van der Waals surface area contributed by atoms with E-state index in [4.69, 9.17) is 4.74 Å². The SMILES string of the molecule is O=S(=O)([O-])CC1CCOC(c2cccc(C(F)(F)F)n2)C1. The van der Waals surface area contributed by atoms with Crippen LogP contribution in [0, 0.1) is 5.92 Å². The van der Waals surface area contributed by atoms with Crippen LogP contribution in [0.25, 0.3) is 0 Å². The molecule has 0 saturated carbocycles. The molecule has 0 aliphatic carbocycles. The highest BCUT2D eigenvalue weighted by atomic mass is 32.2. The number of hydrogen-bond donors (Lipinski definition) is 0. The predicted octanol–water partition coefficient (Wildman–Crippen LogP) is 2.11. The van der Waals surface area contributed by atoms with Gasteiger partial charge in [-0.25, -0.2) is 13.4 Å². The van der Waals surface area contributed by atoms with Crippen LogP contribution < -0.4 is 0 Å². The minimum atomic E-state index is -4.55. The Hall–Kier alpha value is -1.19. The molecule has 21 heavy (non-hydrogen) atoms. The van der Waals surface area contributed by atoms with Gasteiger partial charge in [0.15, 0.2) is 0 Å². The molecule has 2 rings (SSSR count). The molecule has 0 N–H and O–H groups in total. The Bertz CT molecular complexity index is 603. The number of halogens is 3. The van der Waals surface area contributed by atoms with Gasteiger partial charge in [0, 0.05) is 12.4 Å². The summed E-state index contributed by atoms with van der Waals surface area (Å²) >= 11 is 0. The number of ether oxygens (including phenoxy) is 1. The molecule has 0 radical (unpaired) electrons. The zero-order valence-electron chi connectivity index (χ0n) is 10.8. The first-order valence-electron chi connectivity index (χ1n) is 6.24. The lowest BCUT2D eigenvalue weighted by Crippen LogP contribution is -2.26. The first-order valence-corrected chi connectivity index (χ1v) is 7.82. The Morgan fingerprint density at radius 2 is 2.10 bits per heavy atom. The highest BCUT2D eigenvalue weighted by molar-refractivity contribution is 7.85. The molecular formula is C12H13F3NO4S-. The number of nitrogens with zero attached hydrogens (tertiary/aromatic N) is 1. The van der Waals surface area contributed by atoms with Gasteiger partial charge in [-0.3, -0.25) is 0 Å². The molecule has 0 spiro atoms. The van der Waals surface area contributed by atoms with Gasteiger partial charge in [0.05, 0.1) is 21.9 Å². The second kappa shape index (κ2) is 5.90. The molecular weight excluding hydrogens is 311 g/mol. The number of hydrogen-bond acceptors (Lipinski definition) is 5. The number of aromatic nitrogens is 1. The van der Waals surface area contributed by atoms with Crippen molar-refractivity contribution in [2.24, 2.45) is 5.92 Å². The quantitative estimate of drug-likeness (QED) is 0.796. The van der Waals surface area contributed by atoms with Crippen molar-refractivity contribution in [1.82, 2.24) is 4.98 Å². The summed E-state index contributed by atoms with van der Waals surface area (Å²) in [6.45, 7) is 0.183. The van der Waals surface area contributed by atoms with Crippen LogP contribution in [0.2, 0.25) is 0 Å². The largest absolute Gasteiger partial charge is 0.748 e. The third-order valence-electron chi connectivity index (χ3n) is 3.22. The van der Waals surface area contributed by atoms with E-state index in [-0.39, 0.29) is 18.7 Å². The molecule has 2 heterocycles. The second-order valence-corrected chi connectivity index (χ2v) is 6.37. The van der Waals surface area contributed by atoms with E-state index in [1.807, 2.05) is 0 Å². The summed E-state index contributed by atoms with van der Waals surface area (Å²) in [5.41, 5.74) is -0.931. The van der Waals surface area contributed by atoms with Crippen LogP contribution in [0.3, 0.4) is 0 Å². The zero-order chi connectivity index (χ0) is 15.7. The summed E-state index contributed by atoms with van der Waals surface area (Å²) in [6, 6.07) is 3.47. The Kier molecular flexibility index (Phi) is 4.54. The van der Waals surface area contributed by atoms with Crippen molar-refractivity contribution in [3.05, 3.63) is 29.6 Å². The third kappa shape index (κ3) is 4.65. The Morgan fingerprint density at radius 1 is 1.38 bits per heavy atom. The molecule has 1 aromatic rings. The maximum absolute atomic E-state index is 12.6. The van der Waals surface area contributed by atoms with Crippen LogP contribution in [0.4, 0.5) is 13.2 Å². The van der Waals surface area contributed by atoms with Crippen molar-refractivity contribution in [3.63, 3.8) is 0 Å². The average Bonchev–Trinajstić information content (AvgIpc) is 2.36. The normalized spacial score (nSPS) is 24.0. The average molecular weight is 324 g/mol. The fourth-order valence-electron chi connectivity index (χ4n) is 2.30. The third-order valence-corrected chi connectivity index (χ3v) is 4.10.